The van der Waals surface area contributed by atoms with Crippen LogP contribution in [0.15, 0.2) is 54.7 Å². The number of piperidine rings is 1. The lowest BCUT2D eigenvalue weighted by atomic mass is 9.83. The van der Waals surface area contributed by atoms with Gasteiger partial charge in [-0.15, -0.1) is 0 Å². The van der Waals surface area contributed by atoms with E-state index in [0.717, 1.165) is 17.0 Å². The number of rotatable bonds is 4. The van der Waals surface area contributed by atoms with Crippen molar-refractivity contribution in [1.29, 1.82) is 0 Å². The van der Waals surface area contributed by atoms with Gasteiger partial charge in [0.25, 0.3) is 0 Å². The minimum absolute atomic E-state index is 0.209. The maximum absolute atomic E-state index is 13.0. The number of carbonyl (C=O) groups is 2. The molecule has 2 aromatic carbocycles. The Kier molecular flexibility index (Phi) is 6.17. The maximum Gasteiger partial charge on any atom is 0.416 e. The molecule has 0 spiro atoms. The molecule has 3 aromatic rings. The van der Waals surface area contributed by atoms with Crippen molar-refractivity contribution in [3.8, 4) is 0 Å². The molecule has 1 aromatic heterocycles. The second kappa shape index (κ2) is 9.18. The summed E-state index contributed by atoms with van der Waals surface area (Å²) in [6, 6.07) is 12.2. The standard InChI is InChI=1S/C26H25F3N4O3/c27-26(28,29)20-3-1-2-17(12-20)16-32-10-7-25(36,8-11-32)19-4-5-22-18(13-19)14-21(15-30-22)33-9-6-23(34)31-24(33)35/h1-5,12-15,36H,6-11,16H2,(H,31,34,35). The van der Waals surface area contributed by atoms with Crippen LogP contribution in [0, 0.1) is 0 Å². The van der Waals surface area contributed by atoms with Gasteiger partial charge < -0.3 is 5.11 Å². The van der Waals surface area contributed by atoms with Gasteiger partial charge in [-0.3, -0.25) is 24.9 Å². The van der Waals surface area contributed by atoms with Gasteiger partial charge in [0.2, 0.25) is 5.91 Å². The molecule has 0 saturated carbocycles. The Hall–Kier alpha value is -3.50. The van der Waals surface area contributed by atoms with E-state index < -0.39 is 23.4 Å². The van der Waals surface area contributed by atoms with Gasteiger partial charge in [0, 0.05) is 38.0 Å². The fourth-order valence-electron chi connectivity index (χ4n) is 4.84. The highest BCUT2D eigenvalue weighted by molar-refractivity contribution is 6.06. The minimum atomic E-state index is -4.38. The summed E-state index contributed by atoms with van der Waals surface area (Å²) >= 11 is 0. The van der Waals surface area contributed by atoms with E-state index in [1.165, 1.54) is 17.0 Å². The summed E-state index contributed by atoms with van der Waals surface area (Å²) in [4.78, 5) is 31.6. The second-order valence-electron chi connectivity index (χ2n) is 9.36. The van der Waals surface area contributed by atoms with Crippen molar-refractivity contribution >= 4 is 28.5 Å². The number of alkyl halides is 3. The molecule has 2 saturated heterocycles. The van der Waals surface area contributed by atoms with Crippen LogP contribution in [0.2, 0.25) is 0 Å². The molecule has 7 nitrogen and oxygen atoms in total. The number of hydrogen-bond donors (Lipinski definition) is 2. The molecule has 10 heteroatoms. The number of amides is 3. The number of aromatic nitrogens is 1. The van der Waals surface area contributed by atoms with Gasteiger partial charge in [-0.05, 0) is 48.2 Å². The number of aliphatic hydroxyl groups is 1. The van der Waals surface area contributed by atoms with E-state index >= 15 is 0 Å². The highest BCUT2D eigenvalue weighted by atomic mass is 19.4. The number of anilines is 1. The highest BCUT2D eigenvalue weighted by Gasteiger charge is 2.35. The molecule has 0 unspecified atom stereocenters. The van der Waals surface area contributed by atoms with Gasteiger partial charge in [-0.25, -0.2) is 4.79 Å². The molecule has 3 heterocycles. The Labute approximate surface area is 205 Å². The predicted molar refractivity (Wildman–Crippen MR) is 127 cm³/mol. The number of fused-ring (bicyclic) bond motifs is 1. The average molecular weight is 499 g/mol. The number of nitrogens with zero attached hydrogens (tertiary/aromatic N) is 3. The molecule has 0 radical (unpaired) electrons. The Morgan fingerprint density at radius 3 is 2.53 bits per heavy atom. The summed E-state index contributed by atoms with van der Waals surface area (Å²) in [5, 5.41) is 14.5. The fourth-order valence-corrected chi connectivity index (χ4v) is 4.84. The van der Waals surface area contributed by atoms with Crippen LogP contribution in [0.5, 0.6) is 0 Å². The zero-order valence-corrected chi connectivity index (χ0v) is 19.4. The smallest absolute Gasteiger partial charge is 0.385 e. The largest absolute Gasteiger partial charge is 0.416 e. The molecule has 5 rings (SSSR count). The van der Waals surface area contributed by atoms with Crippen LogP contribution in [-0.2, 0) is 23.1 Å². The van der Waals surface area contributed by atoms with Crippen LogP contribution < -0.4 is 10.2 Å². The molecular weight excluding hydrogens is 473 g/mol. The zero-order chi connectivity index (χ0) is 25.5. The summed E-state index contributed by atoms with van der Waals surface area (Å²) in [5.74, 6) is -0.311. The SMILES string of the molecule is O=C1CCN(c2cnc3ccc(C4(O)CCN(Cc5cccc(C(F)(F)F)c5)CC4)cc3c2)C(=O)N1. The number of carbonyl (C=O) groups excluding carboxylic acids is 2. The van der Waals surface area contributed by atoms with Crippen molar-refractivity contribution in [3.05, 3.63) is 71.4 Å². The van der Waals surface area contributed by atoms with Crippen LogP contribution >= 0.6 is 0 Å². The first-order chi connectivity index (χ1) is 17.1. The van der Waals surface area contributed by atoms with E-state index in [1.807, 2.05) is 29.2 Å². The first-order valence-electron chi connectivity index (χ1n) is 11.7. The van der Waals surface area contributed by atoms with Crippen LogP contribution in [-0.4, -0.2) is 46.6 Å². The third-order valence-corrected chi connectivity index (χ3v) is 6.91. The molecule has 36 heavy (non-hydrogen) atoms. The molecule has 2 fully saturated rings. The molecular formula is C26H25F3N4O3. The van der Waals surface area contributed by atoms with Gasteiger partial charge in [0.05, 0.1) is 28.6 Å². The normalized spacial score (nSPS) is 18.9. The molecule has 2 N–H and O–H groups in total. The third kappa shape index (κ3) is 4.91. The molecule has 0 atom stereocenters. The van der Waals surface area contributed by atoms with Crippen LogP contribution in [0.25, 0.3) is 10.9 Å². The van der Waals surface area contributed by atoms with Crippen LogP contribution in [0.1, 0.15) is 36.0 Å². The third-order valence-electron chi connectivity index (χ3n) is 6.91. The number of urea groups is 1. The van der Waals surface area contributed by atoms with Gasteiger partial charge >= 0.3 is 12.2 Å². The quantitative estimate of drug-likeness (QED) is 0.564. The van der Waals surface area contributed by atoms with E-state index in [0.29, 0.717) is 49.2 Å². The maximum atomic E-state index is 13.0. The van der Waals surface area contributed by atoms with E-state index in [2.05, 4.69) is 10.3 Å². The number of benzene rings is 2. The van der Waals surface area contributed by atoms with E-state index in [9.17, 15) is 27.9 Å². The van der Waals surface area contributed by atoms with E-state index in [4.69, 9.17) is 0 Å². The second-order valence-corrected chi connectivity index (χ2v) is 9.36. The summed E-state index contributed by atoms with van der Waals surface area (Å²) < 4.78 is 39.1. The van der Waals surface area contributed by atoms with Gasteiger partial charge in [-0.2, -0.15) is 13.2 Å². The van der Waals surface area contributed by atoms with Crippen molar-refractivity contribution in [2.45, 2.75) is 37.6 Å². The number of pyridine rings is 1. The molecule has 2 aliphatic rings. The highest BCUT2D eigenvalue weighted by Crippen LogP contribution is 2.36. The van der Waals surface area contributed by atoms with Crippen molar-refractivity contribution in [2.24, 2.45) is 0 Å². The molecule has 2 aliphatic heterocycles. The molecule has 188 valence electrons. The monoisotopic (exact) mass is 498 g/mol. The van der Waals surface area contributed by atoms with Crippen molar-refractivity contribution < 1.29 is 27.9 Å². The van der Waals surface area contributed by atoms with Crippen molar-refractivity contribution in [2.75, 3.05) is 24.5 Å². The Morgan fingerprint density at radius 2 is 1.81 bits per heavy atom. The van der Waals surface area contributed by atoms with Gasteiger partial charge in [0.1, 0.15) is 0 Å². The van der Waals surface area contributed by atoms with Gasteiger partial charge in [0.15, 0.2) is 0 Å². The minimum Gasteiger partial charge on any atom is -0.385 e. The number of nitrogens with one attached hydrogen (secondary N) is 1. The topological polar surface area (TPSA) is 85.8 Å². The van der Waals surface area contributed by atoms with Gasteiger partial charge in [-0.1, -0.05) is 24.3 Å². The summed E-state index contributed by atoms with van der Waals surface area (Å²) in [6.07, 6.45) is -1.72. The summed E-state index contributed by atoms with van der Waals surface area (Å²) in [5.41, 5.74) is 0.845. The number of halogens is 3. The Morgan fingerprint density at radius 1 is 1.03 bits per heavy atom. The summed E-state index contributed by atoms with van der Waals surface area (Å²) in [6.45, 7) is 1.71. The van der Waals surface area contributed by atoms with Crippen molar-refractivity contribution in [1.82, 2.24) is 15.2 Å². The lowest BCUT2D eigenvalue weighted by Gasteiger charge is -2.38. The molecule has 3 amide bonds. The number of likely N-dealkylation sites (tertiary alicyclic amines) is 1. The van der Waals surface area contributed by atoms with Crippen molar-refractivity contribution in [3.63, 3.8) is 0 Å². The lowest BCUT2D eigenvalue weighted by Crippen LogP contribution is -2.49. The fraction of sp³-hybridized carbons (Fsp3) is 0.346. The Bertz CT molecular complexity index is 1320. The van der Waals surface area contributed by atoms with E-state index in [-0.39, 0.29) is 18.9 Å². The first kappa shape index (κ1) is 24.2. The lowest BCUT2D eigenvalue weighted by molar-refractivity contribution is -0.137. The predicted octanol–water partition coefficient (Wildman–Crippen LogP) is 4.18. The Balaban J connectivity index is 1.30. The van der Waals surface area contributed by atoms with Crippen LogP contribution in [0.3, 0.4) is 0 Å². The molecule has 0 aliphatic carbocycles. The zero-order valence-electron chi connectivity index (χ0n) is 19.4. The summed E-state index contributed by atoms with van der Waals surface area (Å²) in [7, 11) is 0. The number of hydrogen-bond acceptors (Lipinski definition) is 5. The van der Waals surface area contributed by atoms with E-state index in [1.54, 1.807) is 12.3 Å². The number of imide groups is 1. The average Bonchev–Trinajstić information content (AvgIpc) is 2.84. The molecule has 0 bridgehead atoms. The van der Waals surface area contributed by atoms with Crippen LogP contribution in [0.4, 0.5) is 23.7 Å². The first-order valence-corrected chi connectivity index (χ1v) is 11.7.